The second-order valence-corrected chi connectivity index (χ2v) is 4.56. The first-order valence-corrected chi connectivity index (χ1v) is 4.53. The van der Waals surface area contributed by atoms with Gasteiger partial charge in [0, 0.05) is 12.8 Å². The summed E-state index contributed by atoms with van der Waals surface area (Å²) in [5, 5.41) is 0. The first-order valence-electron chi connectivity index (χ1n) is 4.53. The van der Waals surface area contributed by atoms with Crippen molar-refractivity contribution < 1.29 is 4.79 Å². The van der Waals surface area contributed by atoms with Gasteiger partial charge in [-0.05, 0) is 11.8 Å². The molecule has 0 amide bonds. The van der Waals surface area contributed by atoms with E-state index in [1.54, 1.807) is 0 Å². The molecule has 0 aliphatic heterocycles. The Balaban J connectivity index is 3.83. The van der Waals surface area contributed by atoms with Gasteiger partial charge in [0.2, 0.25) is 0 Å². The van der Waals surface area contributed by atoms with E-state index in [1.807, 2.05) is 6.92 Å². The molecule has 0 radical (unpaired) electrons. The van der Waals surface area contributed by atoms with Crippen LogP contribution in [0.3, 0.4) is 0 Å². The van der Waals surface area contributed by atoms with Crippen LogP contribution in [0.5, 0.6) is 0 Å². The van der Waals surface area contributed by atoms with Crippen LogP contribution < -0.4 is 0 Å². The zero-order valence-electron chi connectivity index (χ0n) is 8.74. The van der Waals surface area contributed by atoms with Crippen LogP contribution in [0.1, 0.15) is 47.0 Å². The third-order valence-electron chi connectivity index (χ3n) is 1.67. The summed E-state index contributed by atoms with van der Waals surface area (Å²) in [5.74, 6) is 0.314. The largest absolute Gasteiger partial charge is 0.299 e. The van der Waals surface area contributed by atoms with E-state index in [1.165, 1.54) is 0 Å². The van der Waals surface area contributed by atoms with Crippen LogP contribution in [0, 0.1) is 5.41 Å². The van der Waals surface area contributed by atoms with E-state index in [2.05, 4.69) is 27.4 Å². The molecule has 0 saturated carbocycles. The van der Waals surface area contributed by atoms with Crippen LogP contribution in [0.4, 0.5) is 0 Å². The predicted octanol–water partition coefficient (Wildman–Crippen LogP) is 3.35. The molecule has 12 heavy (non-hydrogen) atoms. The number of Topliss-reactive ketones (excluding diaryl/α,β-unsaturated/α-hetero) is 1. The van der Waals surface area contributed by atoms with Crippen molar-refractivity contribution in [1.29, 1.82) is 0 Å². The lowest BCUT2D eigenvalue weighted by Gasteiger charge is -2.16. The Bertz CT molecular complexity index is 172. The second kappa shape index (κ2) is 4.44. The second-order valence-electron chi connectivity index (χ2n) is 4.56. The van der Waals surface area contributed by atoms with E-state index in [0.717, 1.165) is 12.0 Å². The minimum Gasteiger partial charge on any atom is -0.299 e. The maximum Gasteiger partial charge on any atom is 0.137 e. The van der Waals surface area contributed by atoms with Crippen LogP contribution >= 0.6 is 0 Å². The van der Waals surface area contributed by atoms with Gasteiger partial charge in [-0.1, -0.05) is 39.8 Å². The van der Waals surface area contributed by atoms with Crippen molar-refractivity contribution in [3.8, 4) is 0 Å². The summed E-state index contributed by atoms with van der Waals surface area (Å²) in [4.78, 5) is 11.4. The first-order chi connectivity index (χ1) is 5.35. The summed E-state index contributed by atoms with van der Waals surface area (Å²) >= 11 is 0. The van der Waals surface area contributed by atoms with E-state index >= 15 is 0 Å². The predicted molar refractivity (Wildman–Crippen MR) is 53.1 cm³/mol. The smallest absolute Gasteiger partial charge is 0.137 e. The Hall–Kier alpha value is -0.590. The summed E-state index contributed by atoms with van der Waals surface area (Å²) in [6.45, 7) is 12.1. The van der Waals surface area contributed by atoms with Gasteiger partial charge in [-0.2, -0.15) is 0 Å². The third kappa shape index (κ3) is 6.14. The molecule has 0 bridgehead atoms. The molecule has 0 saturated heterocycles. The number of hydrogen-bond acceptors (Lipinski definition) is 1. The molecule has 0 N–H and O–H groups in total. The van der Waals surface area contributed by atoms with E-state index in [9.17, 15) is 4.79 Å². The molecular formula is C11H20O. The maximum absolute atomic E-state index is 11.4. The highest BCUT2D eigenvalue weighted by atomic mass is 16.1. The average molecular weight is 168 g/mol. The summed E-state index contributed by atoms with van der Waals surface area (Å²) in [5.41, 5.74) is 1.16. The molecule has 0 aliphatic carbocycles. The van der Waals surface area contributed by atoms with Gasteiger partial charge in [-0.3, -0.25) is 4.79 Å². The molecule has 0 rings (SSSR count). The van der Waals surface area contributed by atoms with Gasteiger partial charge in [0.25, 0.3) is 0 Å². The SMILES string of the molecule is C=C(CC)CC(=O)CC(C)(C)C. The topological polar surface area (TPSA) is 17.1 Å². The monoisotopic (exact) mass is 168 g/mol. The zero-order chi connectivity index (χ0) is 9.78. The lowest BCUT2D eigenvalue weighted by atomic mass is 9.88. The number of rotatable bonds is 4. The number of carbonyl (C=O) groups excluding carboxylic acids is 1. The normalized spacial score (nSPS) is 11.3. The summed E-state index contributed by atoms with van der Waals surface area (Å²) in [6, 6.07) is 0. The van der Waals surface area contributed by atoms with Crippen molar-refractivity contribution in [1.82, 2.24) is 0 Å². The quantitative estimate of drug-likeness (QED) is 0.588. The molecule has 1 nitrogen and oxygen atoms in total. The Morgan fingerprint density at radius 1 is 1.33 bits per heavy atom. The van der Waals surface area contributed by atoms with Gasteiger partial charge in [-0.15, -0.1) is 0 Å². The van der Waals surface area contributed by atoms with Gasteiger partial charge < -0.3 is 0 Å². The van der Waals surface area contributed by atoms with E-state index < -0.39 is 0 Å². The fraction of sp³-hybridized carbons (Fsp3) is 0.727. The summed E-state index contributed by atoms with van der Waals surface area (Å²) in [7, 11) is 0. The molecule has 70 valence electrons. The summed E-state index contributed by atoms with van der Waals surface area (Å²) in [6.07, 6.45) is 2.13. The highest BCUT2D eigenvalue weighted by molar-refractivity contribution is 5.81. The van der Waals surface area contributed by atoms with Gasteiger partial charge in [-0.25, -0.2) is 0 Å². The minimum atomic E-state index is 0.116. The molecule has 0 aromatic rings. The number of carbonyl (C=O) groups is 1. The van der Waals surface area contributed by atoms with E-state index in [-0.39, 0.29) is 5.41 Å². The summed E-state index contributed by atoms with van der Waals surface area (Å²) < 4.78 is 0. The van der Waals surface area contributed by atoms with Crippen molar-refractivity contribution in [2.75, 3.05) is 0 Å². The third-order valence-corrected chi connectivity index (χ3v) is 1.67. The molecule has 0 aromatic carbocycles. The van der Waals surface area contributed by atoms with Crippen molar-refractivity contribution in [2.24, 2.45) is 5.41 Å². The number of allylic oxidation sites excluding steroid dienone is 1. The van der Waals surface area contributed by atoms with Gasteiger partial charge >= 0.3 is 0 Å². The maximum atomic E-state index is 11.4. The average Bonchev–Trinajstić information content (AvgIpc) is 1.82. The highest BCUT2D eigenvalue weighted by Crippen LogP contribution is 2.20. The van der Waals surface area contributed by atoms with E-state index in [4.69, 9.17) is 0 Å². The highest BCUT2D eigenvalue weighted by Gasteiger charge is 2.15. The van der Waals surface area contributed by atoms with Crippen molar-refractivity contribution in [3.05, 3.63) is 12.2 Å². The molecule has 0 atom stereocenters. The first kappa shape index (κ1) is 11.4. The molecule has 0 aliphatic rings. The Labute approximate surface area is 75.9 Å². The molecule has 0 heterocycles. The van der Waals surface area contributed by atoms with Crippen LogP contribution in [-0.2, 0) is 4.79 Å². The van der Waals surface area contributed by atoms with Crippen LogP contribution in [0.25, 0.3) is 0 Å². The minimum absolute atomic E-state index is 0.116. The Kier molecular flexibility index (Phi) is 4.22. The molecule has 0 aromatic heterocycles. The number of ketones is 1. The Morgan fingerprint density at radius 2 is 1.83 bits per heavy atom. The van der Waals surface area contributed by atoms with E-state index in [0.29, 0.717) is 18.6 Å². The van der Waals surface area contributed by atoms with Gasteiger partial charge in [0.1, 0.15) is 5.78 Å². The zero-order valence-corrected chi connectivity index (χ0v) is 8.74. The van der Waals surface area contributed by atoms with Crippen molar-refractivity contribution in [3.63, 3.8) is 0 Å². The van der Waals surface area contributed by atoms with Crippen molar-refractivity contribution >= 4 is 5.78 Å². The Morgan fingerprint density at radius 3 is 2.17 bits per heavy atom. The van der Waals surface area contributed by atoms with Gasteiger partial charge in [0.05, 0.1) is 0 Å². The molecule has 1 heteroatoms. The molecule has 0 fully saturated rings. The lowest BCUT2D eigenvalue weighted by Crippen LogP contribution is -2.12. The molecule has 0 unspecified atom stereocenters. The standard InChI is InChI=1S/C11H20O/c1-6-9(2)7-10(12)8-11(3,4)5/h2,6-8H2,1,3-5H3. The molecule has 0 spiro atoms. The van der Waals surface area contributed by atoms with Crippen LogP contribution in [0.15, 0.2) is 12.2 Å². The van der Waals surface area contributed by atoms with Crippen LogP contribution in [0.2, 0.25) is 0 Å². The molecular weight excluding hydrogens is 148 g/mol. The van der Waals surface area contributed by atoms with Crippen LogP contribution in [-0.4, -0.2) is 5.78 Å². The van der Waals surface area contributed by atoms with Crippen molar-refractivity contribution in [2.45, 2.75) is 47.0 Å². The number of hydrogen-bond donors (Lipinski definition) is 0. The fourth-order valence-electron chi connectivity index (χ4n) is 1.06. The fourth-order valence-corrected chi connectivity index (χ4v) is 1.06. The van der Waals surface area contributed by atoms with Gasteiger partial charge in [0.15, 0.2) is 0 Å². The lowest BCUT2D eigenvalue weighted by molar-refractivity contribution is -0.120.